The molecule has 0 radical (unpaired) electrons. The van der Waals surface area contributed by atoms with E-state index in [1.165, 1.54) is 38.5 Å². The monoisotopic (exact) mass is 494 g/mol. The standard InChI is InChI=1S/C31H46N2O3/c1-6-7-17-27(4)18-19-28(5)32-33-29-20-22-30(23-21-29)35-24-15-13-11-9-8-10-12-14-16-25-36-31(34)26(2)3/h18-23H,2,4-17,24-25H2,1,3H3/b19-18-,33-32?. The summed E-state index contributed by atoms with van der Waals surface area (Å²) in [6, 6.07) is 7.67. The van der Waals surface area contributed by atoms with E-state index < -0.39 is 0 Å². The zero-order chi connectivity index (χ0) is 26.4. The average Bonchev–Trinajstić information content (AvgIpc) is 2.88. The number of carbonyl (C=O) groups excluding carboxylic acids is 1. The number of esters is 1. The van der Waals surface area contributed by atoms with Crippen molar-refractivity contribution in [2.24, 2.45) is 10.2 Å². The van der Waals surface area contributed by atoms with Crippen LogP contribution in [0.25, 0.3) is 0 Å². The van der Waals surface area contributed by atoms with Crippen molar-refractivity contribution in [2.45, 2.75) is 90.9 Å². The summed E-state index contributed by atoms with van der Waals surface area (Å²) in [6.45, 7) is 16.6. The number of ether oxygens (including phenoxy) is 2. The summed E-state index contributed by atoms with van der Waals surface area (Å²) >= 11 is 0. The second-order valence-electron chi connectivity index (χ2n) is 9.23. The van der Waals surface area contributed by atoms with Crippen LogP contribution in [0.15, 0.2) is 83.2 Å². The van der Waals surface area contributed by atoms with Gasteiger partial charge >= 0.3 is 5.97 Å². The van der Waals surface area contributed by atoms with Gasteiger partial charge in [0.15, 0.2) is 0 Å². The van der Waals surface area contributed by atoms with E-state index in [0.717, 1.165) is 62.1 Å². The molecule has 5 heteroatoms. The molecule has 1 rings (SSSR count). The number of hydrogen-bond acceptors (Lipinski definition) is 5. The molecule has 0 N–H and O–H groups in total. The molecule has 0 atom stereocenters. The molecule has 1 aromatic carbocycles. The van der Waals surface area contributed by atoms with Crippen LogP contribution in [0.2, 0.25) is 0 Å². The summed E-state index contributed by atoms with van der Waals surface area (Å²) < 4.78 is 10.9. The smallest absolute Gasteiger partial charge is 0.333 e. The van der Waals surface area contributed by atoms with Gasteiger partial charge in [0.05, 0.1) is 24.6 Å². The molecule has 0 amide bonds. The summed E-state index contributed by atoms with van der Waals surface area (Å²) in [5.41, 5.74) is 2.93. The highest BCUT2D eigenvalue weighted by atomic mass is 16.5. The SMILES string of the molecule is C=C(/C=C\C(=C)N=Nc1ccc(OCCCCCCCCCCCOC(=O)C(=C)C)cc1)CCCC. The molecule has 1 aromatic rings. The third kappa shape index (κ3) is 16.6. The number of nitrogens with zero attached hydrogens (tertiary/aromatic N) is 2. The second kappa shape index (κ2) is 20.3. The fraction of sp³-hybridized carbons (Fsp3) is 0.516. The van der Waals surface area contributed by atoms with Gasteiger partial charge in [0.2, 0.25) is 0 Å². The van der Waals surface area contributed by atoms with Crippen LogP contribution >= 0.6 is 0 Å². The van der Waals surface area contributed by atoms with E-state index in [4.69, 9.17) is 9.47 Å². The van der Waals surface area contributed by atoms with E-state index in [9.17, 15) is 4.79 Å². The highest BCUT2D eigenvalue weighted by Crippen LogP contribution is 2.20. The number of carbonyl (C=O) groups is 1. The van der Waals surface area contributed by atoms with E-state index in [1.807, 2.05) is 36.4 Å². The van der Waals surface area contributed by atoms with Crippen LogP contribution < -0.4 is 4.74 Å². The van der Waals surface area contributed by atoms with E-state index in [0.29, 0.717) is 17.9 Å². The number of rotatable bonds is 21. The van der Waals surface area contributed by atoms with Crippen LogP contribution in [0.1, 0.15) is 90.9 Å². The average molecular weight is 495 g/mol. The van der Waals surface area contributed by atoms with E-state index in [1.54, 1.807) is 6.92 Å². The molecule has 0 fully saturated rings. The third-order valence-corrected chi connectivity index (χ3v) is 5.63. The van der Waals surface area contributed by atoms with Gasteiger partial charge in [-0.05, 0) is 62.9 Å². The topological polar surface area (TPSA) is 60.3 Å². The van der Waals surface area contributed by atoms with Gasteiger partial charge in [0.1, 0.15) is 5.75 Å². The van der Waals surface area contributed by atoms with Gasteiger partial charge in [-0.1, -0.05) is 89.7 Å². The Morgan fingerprint density at radius 2 is 1.42 bits per heavy atom. The minimum absolute atomic E-state index is 0.284. The number of unbranched alkanes of at least 4 members (excludes halogenated alkanes) is 9. The first-order valence-electron chi connectivity index (χ1n) is 13.4. The van der Waals surface area contributed by atoms with Gasteiger partial charge in [-0.3, -0.25) is 0 Å². The first kappa shape index (κ1) is 31.1. The molecule has 0 saturated carbocycles. The van der Waals surface area contributed by atoms with Crippen molar-refractivity contribution in [3.8, 4) is 5.75 Å². The lowest BCUT2D eigenvalue weighted by Crippen LogP contribution is -2.05. The number of hydrogen-bond donors (Lipinski definition) is 0. The van der Waals surface area contributed by atoms with Gasteiger partial charge in [-0.25, -0.2) is 4.79 Å². The van der Waals surface area contributed by atoms with E-state index >= 15 is 0 Å². The third-order valence-electron chi connectivity index (χ3n) is 5.63. The molecule has 36 heavy (non-hydrogen) atoms. The lowest BCUT2D eigenvalue weighted by Gasteiger charge is -2.06. The maximum absolute atomic E-state index is 11.3. The molecule has 0 aliphatic carbocycles. The maximum Gasteiger partial charge on any atom is 0.333 e. The Morgan fingerprint density at radius 1 is 0.833 bits per heavy atom. The minimum Gasteiger partial charge on any atom is -0.494 e. The fourth-order valence-electron chi connectivity index (χ4n) is 3.39. The molecule has 0 aliphatic rings. The predicted molar refractivity (Wildman–Crippen MR) is 151 cm³/mol. The van der Waals surface area contributed by atoms with Crippen molar-refractivity contribution in [3.63, 3.8) is 0 Å². The van der Waals surface area contributed by atoms with Crippen molar-refractivity contribution in [1.29, 1.82) is 0 Å². The van der Waals surface area contributed by atoms with Crippen LogP contribution in [-0.4, -0.2) is 19.2 Å². The molecule has 0 saturated heterocycles. The largest absolute Gasteiger partial charge is 0.494 e. The highest BCUT2D eigenvalue weighted by Gasteiger charge is 2.02. The Kier molecular flexibility index (Phi) is 17.5. The van der Waals surface area contributed by atoms with Crippen LogP contribution in [0.5, 0.6) is 5.75 Å². The van der Waals surface area contributed by atoms with Gasteiger partial charge in [0.25, 0.3) is 0 Å². The number of azo groups is 1. The number of benzene rings is 1. The summed E-state index contributed by atoms with van der Waals surface area (Å²) in [7, 11) is 0. The molecule has 0 spiro atoms. The van der Waals surface area contributed by atoms with Gasteiger partial charge in [-0.15, -0.1) is 0 Å². The van der Waals surface area contributed by atoms with Crippen LogP contribution in [0.4, 0.5) is 5.69 Å². The summed E-state index contributed by atoms with van der Waals surface area (Å²) in [5, 5.41) is 8.40. The van der Waals surface area contributed by atoms with Crippen LogP contribution in [0, 0.1) is 0 Å². The summed E-state index contributed by atoms with van der Waals surface area (Å²) in [5.74, 6) is 0.572. The second-order valence-corrected chi connectivity index (χ2v) is 9.23. The molecule has 198 valence electrons. The first-order chi connectivity index (χ1) is 17.4. The van der Waals surface area contributed by atoms with Gasteiger partial charge in [0, 0.05) is 5.57 Å². The van der Waals surface area contributed by atoms with E-state index in [2.05, 4.69) is 36.9 Å². The van der Waals surface area contributed by atoms with Crippen molar-refractivity contribution < 1.29 is 14.3 Å². The normalized spacial score (nSPS) is 11.2. The molecule has 0 aliphatic heterocycles. The predicted octanol–water partition coefficient (Wildman–Crippen LogP) is 9.60. The van der Waals surface area contributed by atoms with Gasteiger partial charge in [-0.2, -0.15) is 10.2 Å². The molecular weight excluding hydrogens is 448 g/mol. The zero-order valence-corrected chi connectivity index (χ0v) is 22.6. The minimum atomic E-state index is -0.284. The van der Waals surface area contributed by atoms with Gasteiger partial charge < -0.3 is 9.47 Å². The van der Waals surface area contributed by atoms with Crippen molar-refractivity contribution in [2.75, 3.05) is 13.2 Å². The molecular formula is C31H46N2O3. The van der Waals surface area contributed by atoms with Crippen molar-refractivity contribution in [1.82, 2.24) is 0 Å². The molecule has 0 heterocycles. The Labute approximate surface area is 219 Å². The fourth-order valence-corrected chi connectivity index (χ4v) is 3.39. The Morgan fingerprint density at radius 3 is 2.00 bits per heavy atom. The Bertz CT molecular complexity index is 853. The van der Waals surface area contributed by atoms with Crippen LogP contribution in [-0.2, 0) is 9.53 Å². The lowest BCUT2D eigenvalue weighted by atomic mass is 10.1. The van der Waals surface area contributed by atoms with Crippen molar-refractivity contribution >= 4 is 11.7 Å². The Hall–Kier alpha value is -2.95. The summed E-state index contributed by atoms with van der Waals surface area (Å²) in [6.07, 6.45) is 17.6. The highest BCUT2D eigenvalue weighted by molar-refractivity contribution is 5.86. The molecule has 0 bridgehead atoms. The summed E-state index contributed by atoms with van der Waals surface area (Å²) in [4.78, 5) is 11.3. The van der Waals surface area contributed by atoms with Crippen LogP contribution in [0.3, 0.4) is 0 Å². The molecule has 5 nitrogen and oxygen atoms in total. The van der Waals surface area contributed by atoms with Crippen molar-refractivity contribution in [3.05, 3.63) is 73.0 Å². The zero-order valence-electron chi connectivity index (χ0n) is 22.6. The number of allylic oxidation sites excluding steroid dienone is 3. The quantitative estimate of drug-likeness (QED) is 0.0562. The Balaban J connectivity index is 2.05. The first-order valence-corrected chi connectivity index (χ1v) is 13.4. The maximum atomic E-state index is 11.3. The lowest BCUT2D eigenvalue weighted by molar-refractivity contribution is -0.139. The van der Waals surface area contributed by atoms with E-state index in [-0.39, 0.29) is 5.97 Å². The molecule has 0 unspecified atom stereocenters. The molecule has 0 aromatic heterocycles.